The Kier molecular flexibility index (Phi) is 7.83. The number of carbonyl (C=O) groups excluding carboxylic acids is 1. The first kappa shape index (κ1) is 28.7. The van der Waals surface area contributed by atoms with Gasteiger partial charge in [-0.05, 0) is 61.2 Å². The Morgan fingerprint density at radius 1 is 0.927 bits per heavy atom. The van der Waals surface area contributed by atoms with E-state index in [4.69, 9.17) is 0 Å². The quantitative estimate of drug-likeness (QED) is 0.245. The Bertz CT molecular complexity index is 1500. The maximum absolute atomic E-state index is 13.5. The Hall–Kier alpha value is -3.86. The second kappa shape index (κ2) is 11.2. The van der Waals surface area contributed by atoms with Crippen LogP contribution in [0.5, 0.6) is 0 Å². The van der Waals surface area contributed by atoms with E-state index in [1.165, 1.54) is 0 Å². The highest BCUT2D eigenvalue weighted by Gasteiger charge is 2.37. The molecule has 1 amide bonds. The standard InChI is InChI=1S/C30H28F6N4O.H2/c1-19-38-25-9-5-6-10-26(25)40(19)24-11-13-39(14-12-24)27(21-7-3-2-4-8-21)28(41)37-18-20-15-22(29(31,32)33)17-23(16-20)30(34,35)36;/h2-10,15-17,24,27H,11-14,18H2,1H3,(H,37,41);1H. The minimum absolute atomic E-state index is 0. The van der Waals surface area contributed by atoms with Crippen molar-refractivity contribution in [1.82, 2.24) is 19.8 Å². The number of aromatic nitrogens is 2. The molecule has 0 aliphatic carbocycles. The highest BCUT2D eigenvalue weighted by atomic mass is 19.4. The Morgan fingerprint density at radius 3 is 2.12 bits per heavy atom. The van der Waals surface area contributed by atoms with E-state index < -0.39 is 42.0 Å². The van der Waals surface area contributed by atoms with Crippen LogP contribution >= 0.6 is 0 Å². The minimum atomic E-state index is -4.96. The normalized spacial score (nSPS) is 16.2. The third kappa shape index (κ3) is 6.24. The first-order valence-corrected chi connectivity index (χ1v) is 13.2. The van der Waals surface area contributed by atoms with Crippen molar-refractivity contribution in [3.63, 3.8) is 0 Å². The number of nitrogens with one attached hydrogen (secondary N) is 1. The molecule has 11 heteroatoms. The number of halogens is 6. The lowest BCUT2D eigenvalue weighted by Crippen LogP contribution is -2.44. The number of alkyl halides is 6. The van der Waals surface area contributed by atoms with Crippen molar-refractivity contribution < 1.29 is 32.6 Å². The summed E-state index contributed by atoms with van der Waals surface area (Å²) in [7, 11) is 0. The molecule has 5 rings (SSSR count). The molecule has 2 heterocycles. The van der Waals surface area contributed by atoms with Crippen molar-refractivity contribution in [2.45, 2.75) is 50.7 Å². The summed E-state index contributed by atoms with van der Waals surface area (Å²) >= 11 is 0. The van der Waals surface area contributed by atoms with Gasteiger partial charge in [-0.25, -0.2) is 4.98 Å². The zero-order valence-electron chi connectivity index (χ0n) is 22.1. The molecule has 3 aromatic carbocycles. The van der Waals surface area contributed by atoms with Crippen LogP contribution in [0.4, 0.5) is 26.3 Å². The van der Waals surface area contributed by atoms with E-state index in [1.807, 2.05) is 36.1 Å². The van der Waals surface area contributed by atoms with Crippen LogP contribution < -0.4 is 5.32 Å². The lowest BCUT2D eigenvalue weighted by molar-refractivity contribution is -0.143. The lowest BCUT2D eigenvalue weighted by Gasteiger charge is -2.38. The number of aryl methyl sites for hydroxylation is 1. The molecule has 0 spiro atoms. The number of carbonyl (C=O) groups is 1. The molecule has 1 N–H and O–H groups in total. The fourth-order valence-electron chi connectivity index (χ4n) is 5.60. The molecule has 1 aliphatic rings. The molecule has 5 nitrogen and oxygen atoms in total. The molecule has 1 aliphatic heterocycles. The van der Waals surface area contributed by atoms with Gasteiger partial charge in [0.25, 0.3) is 0 Å². The van der Waals surface area contributed by atoms with Crippen LogP contribution in [0.2, 0.25) is 0 Å². The highest BCUT2D eigenvalue weighted by Crippen LogP contribution is 2.37. The lowest BCUT2D eigenvalue weighted by atomic mass is 9.98. The van der Waals surface area contributed by atoms with Gasteiger partial charge < -0.3 is 9.88 Å². The summed E-state index contributed by atoms with van der Waals surface area (Å²) < 4.78 is 82.0. The van der Waals surface area contributed by atoms with Gasteiger partial charge in [-0.15, -0.1) is 0 Å². The van der Waals surface area contributed by atoms with E-state index in [0.717, 1.165) is 29.7 Å². The van der Waals surface area contributed by atoms with Crippen LogP contribution in [-0.2, 0) is 23.7 Å². The number of piperidine rings is 1. The number of likely N-dealkylation sites (tertiary alicyclic amines) is 1. The van der Waals surface area contributed by atoms with Crippen LogP contribution in [-0.4, -0.2) is 33.4 Å². The topological polar surface area (TPSA) is 50.2 Å². The molecule has 1 unspecified atom stereocenters. The van der Waals surface area contributed by atoms with Crippen molar-refractivity contribution in [2.75, 3.05) is 13.1 Å². The molecule has 0 bridgehead atoms. The zero-order chi connectivity index (χ0) is 29.4. The van der Waals surface area contributed by atoms with E-state index in [1.54, 1.807) is 30.3 Å². The van der Waals surface area contributed by atoms with Gasteiger partial charge in [0.1, 0.15) is 11.9 Å². The van der Waals surface area contributed by atoms with Crippen LogP contribution in [0.3, 0.4) is 0 Å². The third-order valence-corrected chi connectivity index (χ3v) is 7.48. The number of nitrogens with zero attached hydrogens (tertiary/aromatic N) is 3. The largest absolute Gasteiger partial charge is 0.416 e. The van der Waals surface area contributed by atoms with Gasteiger partial charge >= 0.3 is 12.4 Å². The predicted molar refractivity (Wildman–Crippen MR) is 144 cm³/mol. The van der Waals surface area contributed by atoms with Gasteiger partial charge in [-0.3, -0.25) is 9.69 Å². The van der Waals surface area contributed by atoms with Crippen LogP contribution in [0.15, 0.2) is 72.8 Å². The molecule has 4 aromatic rings. The van der Waals surface area contributed by atoms with Gasteiger partial charge in [0.05, 0.1) is 22.2 Å². The first-order chi connectivity index (χ1) is 19.4. The molecule has 41 heavy (non-hydrogen) atoms. The number of hydrogen-bond donors (Lipinski definition) is 1. The fourth-order valence-corrected chi connectivity index (χ4v) is 5.60. The van der Waals surface area contributed by atoms with Crippen molar-refractivity contribution in [3.8, 4) is 0 Å². The molecule has 1 saturated heterocycles. The highest BCUT2D eigenvalue weighted by molar-refractivity contribution is 5.83. The zero-order valence-corrected chi connectivity index (χ0v) is 22.1. The monoisotopic (exact) mass is 576 g/mol. The number of fused-ring (bicyclic) bond motifs is 1. The molecule has 0 radical (unpaired) electrons. The third-order valence-electron chi connectivity index (χ3n) is 7.48. The van der Waals surface area contributed by atoms with Gasteiger partial charge in [-0.1, -0.05) is 42.5 Å². The van der Waals surface area contributed by atoms with Crippen molar-refractivity contribution in [1.29, 1.82) is 0 Å². The predicted octanol–water partition coefficient (Wildman–Crippen LogP) is 7.32. The number of benzene rings is 3. The summed E-state index contributed by atoms with van der Waals surface area (Å²) in [5.41, 5.74) is -0.472. The Labute approximate surface area is 234 Å². The molecule has 1 fully saturated rings. The Morgan fingerprint density at radius 2 is 1.51 bits per heavy atom. The van der Waals surface area contributed by atoms with Crippen LogP contribution in [0, 0.1) is 6.92 Å². The fraction of sp³-hybridized carbons (Fsp3) is 0.333. The average molecular weight is 577 g/mol. The minimum Gasteiger partial charge on any atom is -0.350 e. The second-order valence-electron chi connectivity index (χ2n) is 10.2. The van der Waals surface area contributed by atoms with E-state index in [9.17, 15) is 31.1 Å². The molecule has 218 valence electrons. The summed E-state index contributed by atoms with van der Waals surface area (Å²) in [6.45, 7) is 2.60. The van der Waals surface area contributed by atoms with Gasteiger partial charge in [0.2, 0.25) is 5.91 Å². The second-order valence-corrected chi connectivity index (χ2v) is 10.2. The molecule has 1 atom stereocenters. The molecule has 1 aromatic heterocycles. The average Bonchev–Trinajstić information content (AvgIpc) is 3.27. The van der Waals surface area contributed by atoms with Gasteiger partial charge in [0, 0.05) is 27.1 Å². The van der Waals surface area contributed by atoms with Crippen LogP contribution in [0.1, 0.15) is 54.4 Å². The van der Waals surface area contributed by atoms with Gasteiger partial charge in [-0.2, -0.15) is 26.3 Å². The van der Waals surface area contributed by atoms with Crippen molar-refractivity contribution in [3.05, 3.63) is 101 Å². The summed E-state index contributed by atoms with van der Waals surface area (Å²) in [6, 6.07) is 17.6. The molecule has 0 saturated carbocycles. The first-order valence-electron chi connectivity index (χ1n) is 13.2. The van der Waals surface area contributed by atoms with E-state index >= 15 is 0 Å². The summed E-state index contributed by atoms with van der Waals surface area (Å²) in [5.74, 6) is 0.409. The Balaban J connectivity index is 0.00000405. The number of imidazole rings is 1. The summed E-state index contributed by atoms with van der Waals surface area (Å²) in [5, 5.41) is 2.59. The van der Waals surface area contributed by atoms with Crippen molar-refractivity contribution >= 4 is 16.9 Å². The van der Waals surface area contributed by atoms with E-state index in [0.29, 0.717) is 30.8 Å². The van der Waals surface area contributed by atoms with Gasteiger partial charge in [0.15, 0.2) is 0 Å². The summed E-state index contributed by atoms with van der Waals surface area (Å²) in [6.07, 6.45) is -8.45. The number of amides is 1. The smallest absolute Gasteiger partial charge is 0.350 e. The SMILES string of the molecule is Cc1nc2ccccc2n1C1CCN(C(C(=O)NCc2cc(C(F)(F)F)cc(C(F)(F)F)c2)c2ccccc2)CC1.[HH]. The molecular weight excluding hydrogens is 546 g/mol. The number of hydrogen-bond acceptors (Lipinski definition) is 3. The number of rotatable bonds is 6. The number of para-hydroxylation sites is 2. The summed E-state index contributed by atoms with van der Waals surface area (Å²) in [4.78, 5) is 20.2. The van der Waals surface area contributed by atoms with E-state index in [-0.39, 0.29) is 19.1 Å². The maximum atomic E-state index is 13.5. The van der Waals surface area contributed by atoms with Crippen LogP contribution in [0.25, 0.3) is 11.0 Å². The maximum Gasteiger partial charge on any atom is 0.416 e. The van der Waals surface area contributed by atoms with E-state index in [2.05, 4.69) is 14.9 Å². The molecular formula is C30H30F6N4O. The van der Waals surface area contributed by atoms with Crippen molar-refractivity contribution in [2.24, 2.45) is 0 Å².